The van der Waals surface area contributed by atoms with E-state index in [1.54, 1.807) is 17.0 Å². The van der Waals surface area contributed by atoms with Gasteiger partial charge in [0.2, 0.25) is 0 Å². The molecule has 2 aliphatic heterocycles. The first-order chi connectivity index (χ1) is 15.1. The predicted molar refractivity (Wildman–Crippen MR) is 115 cm³/mol. The number of benzene rings is 3. The van der Waals surface area contributed by atoms with Crippen LogP contribution in [0.1, 0.15) is 23.6 Å². The lowest BCUT2D eigenvalue weighted by molar-refractivity contribution is -0.384. The number of hydroxylamine groups is 2. The number of rotatable bonds is 5. The molecule has 2 aliphatic rings. The summed E-state index contributed by atoms with van der Waals surface area (Å²) in [6.07, 6.45) is 0.562. The molecule has 2 fully saturated rings. The van der Waals surface area contributed by atoms with Crippen LogP contribution < -0.4 is 4.90 Å². The van der Waals surface area contributed by atoms with Crippen LogP contribution in [0.2, 0.25) is 0 Å². The largest absolute Gasteiger partial charge is 0.306 e. The monoisotopic (exact) mass is 415 g/mol. The lowest BCUT2D eigenvalue weighted by atomic mass is 9.84. The summed E-state index contributed by atoms with van der Waals surface area (Å²) in [6.45, 7) is 0.991. The van der Waals surface area contributed by atoms with Gasteiger partial charge in [0, 0.05) is 30.8 Å². The lowest BCUT2D eigenvalue weighted by Crippen LogP contribution is -2.67. The van der Waals surface area contributed by atoms with Gasteiger partial charge in [-0.05, 0) is 23.3 Å². The van der Waals surface area contributed by atoms with Crippen molar-refractivity contribution in [2.45, 2.75) is 24.6 Å². The number of hydrogen-bond donors (Lipinski definition) is 0. The van der Waals surface area contributed by atoms with Gasteiger partial charge < -0.3 is 4.90 Å². The minimum Gasteiger partial charge on any atom is -0.306 e. The third-order valence-corrected chi connectivity index (χ3v) is 5.95. The molecule has 0 bridgehead atoms. The molecule has 3 aromatic carbocycles. The smallest absolute Gasteiger partial charge is 0.269 e. The van der Waals surface area contributed by atoms with Crippen molar-refractivity contribution in [2.24, 2.45) is 0 Å². The van der Waals surface area contributed by atoms with Gasteiger partial charge in [-0.1, -0.05) is 60.7 Å². The molecule has 0 N–H and O–H groups in total. The fraction of sp³-hybridized carbons (Fsp3) is 0.208. The summed E-state index contributed by atoms with van der Waals surface area (Å²) >= 11 is 0. The van der Waals surface area contributed by atoms with Crippen LogP contribution in [0.5, 0.6) is 0 Å². The molecule has 5 rings (SSSR count). The Kier molecular flexibility index (Phi) is 4.77. The molecular weight excluding hydrogens is 394 g/mol. The molecule has 2 unspecified atom stereocenters. The van der Waals surface area contributed by atoms with Gasteiger partial charge in [0.15, 0.2) is 5.60 Å². The molecule has 7 nitrogen and oxygen atoms in total. The molecule has 2 heterocycles. The second-order valence-electron chi connectivity index (χ2n) is 7.94. The summed E-state index contributed by atoms with van der Waals surface area (Å²) in [5, 5.41) is 12.8. The van der Waals surface area contributed by atoms with Crippen LogP contribution in [-0.4, -0.2) is 28.0 Å². The Balaban J connectivity index is 1.38. The summed E-state index contributed by atoms with van der Waals surface area (Å²) in [5.41, 5.74) is 1.96. The Morgan fingerprint density at radius 1 is 0.968 bits per heavy atom. The minimum atomic E-state index is -0.906. The third kappa shape index (κ3) is 3.48. The highest BCUT2D eigenvalue weighted by Gasteiger charge is 2.61. The van der Waals surface area contributed by atoms with E-state index in [4.69, 9.17) is 4.84 Å². The second-order valence-corrected chi connectivity index (χ2v) is 7.94. The summed E-state index contributed by atoms with van der Waals surface area (Å²) < 4.78 is 0. The van der Waals surface area contributed by atoms with Crippen LogP contribution in [0.15, 0.2) is 84.9 Å². The van der Waals surface area contributed by atoms with Gasteiger partial charge >= 0.3 is 0 Å². The van der Waals surface area contributed by atoms with Crippen LogP contribution in [-0.2, 0) is 16.2 Å². The average Bonchev–Trinajstić information content (AvgIpc) is 3.20. The highest BCUT2D eigenvalue weighted by atomic mass is 16.7. The van der Waals surface area contributed by atoms with Gasteiger partial charge in [-0.15, -0.1) is 0 Å². The summed E-state index contributed by atoms with van der Waals surface area (Å²) in [5.74, 6) is -0.113. The van der Waals surface area contributed by atoms with Crippen molar-refractivity contribution in [1.82, 2.24) is 5.06 Å². The van der Waals surface area contributed by atoms with E-state index in [1.165, 1.54) is 12.1 Å². The Hall–Kier alpha value is -3.55. The Bertz CT molecular complexity index is 1100. The predicted octanol–water partition coefficient (Wildman–Crippen LogP) is 4.26. The molecule has 1 spiro atoms. The van der Waals surface area contributed by atoms with Crippen LogP contribution >= 0.6 is 0 Å². The molecule has 3 aromatic rings. The number of anilines is 1. The molecule has 0 saturated carbocycles. The molecular formula is C24H21N3O4. The number of β-lactam (4-membered cyclic amide) rings is 1. The summed E-state index contributed by atoms with van der Waals surface area (Å²) in [4.78, 5) is 31.6. The van der Waals surface area contributed by atoms with Crippen molar-refractivity contribution in [3.8, 4) is 0 Å². The van der Waals surface area contributed by atoms with E-state index in [2.05, 4.69) is 12.1 Å². The second kappa shape index (κ2) is 7.61. The van der Waals surface area contributed by atoms with Gasteiger partial charge in [0.05, 0.1) is 17.5 Å². The van der Waals surface area contributed by atoms with Crippen molar-refractivity contribution in [1.29, 1.82) is 0 Å². The average molecular weight is 415 g/mol. The van der Waals surface area contributed by atoms with Gasteiger partial charge in [0.1, 0.15) is 0 Å². The van der Waals surface area contributed by atoms with Crippen molar-refractivity contribution >= 4 is 17.3 Å². The minimum absolute atomic E-state index is 0.00160. The van der Waals surface area contributed by atoms with Crippen LogP contribution in [0.3, 0.4) is 0 Å². The van der Waals surface area contributed by atoms with Gasteiger partial charge in [-0.25, -0.2) is 0 Å². The number of amides is 1. The van der Waals surface area contributed by atoms with Crippen molar-refractivity contribution in [2.75, 3.05) is 11.4 Å². The molecule has 2 atom stereocenters. The molecule has 156 valence electrons. The first-order valence-electron chi connectivity index (χ1n) is 10.2. The molecule has 0 aliphatic carbocycles. The maximum absolute atomic E-state index is 13.2. The molecule has 1 amide bonds. The van der Waals surface area contributed by atoms with Gasteiger partial charge in [-0.2, -0.15) is 5.06 Å². The fourth-order valence-corrected chi connectivity index (χ4v) is 4.34. The first kappa shape index (κ1) is 19.4. The number of non-ortho nitro benzene ring substituents is 1. The quantitative estimate of drug-likeness (QED) is 0.354. The van der Waals surface area contributed by atoms with Crippen molar-refractivity contribution < 1.29 is 14.6 Å². The number of carbonyl (C=O) groups is 1. The maximum atomic E-state index is 13.2. The molecule has 2 saturated heterocycles. The summed E-state index contributed by atoms with van der Waals surface area (Å²) in [6, 6.07) is 26.1. The third-order valence-electron chi connectivity index (χ3n) is 5.95. The molecule has 31 heavy (non-hydrogen) atoms. The maximum Gasteiger partial charge on any atom is 0.269 e. The Labute approximate surface area is 179 Å². The zero-order valence-corrected chi connectivity index (χ0v) is 16.8. The highest BCUT2D eigenvalue weighted by Crippen LogP contribution is 2.47. The fourth-order valence-electron chi connectivity index (χ4n) is 4.34. The van der Waals surface area contributed by atoms with E-state index in [0.29, 0.717) is 25.2 Å². The zero-order chi connectivity index (χ0) is 21.4. The van der Waals surface area contributed by atoms with Crippen LogP contribution in [0.25, 0.3) is 0 Å². The van der Waals surface area contributed by atoms with E-state index in [1.807, 2.05) is 53.6 Å². The van der Waals surface area contributed by atoms with Crippen molar-refractivity contribution in [3.05, 3.63) is 106 Å². The molecule has 0 radical (unpaired) electrons. The zero-order valence-electron chi connectivity index (χ0n) is 16.8. The van der Waals surface area contributed by atoms with Crippen LogP contribution in [0, 0.1) is 10.1 Å². The van der Waals surface area contributed by atoms with E-state index in [9.17, 15) is 14.9 Å². The Morgan fingerprint density at radius 3 is 2.23 bits per heavy atom. The first-order valence-corrected chi connectivity index (χ1v) is 10.2. The van der Waals surface area contributed by atoms with Gasteiger partial charge in [-0.3, -0.25) is 19.7 Å². The number of hydrogen-bond acceptors (Lipinski definition) is 5. The van der Waals surface area contributed by atoms with Crippen LogP contribution in [0.4, 0.5) is 11.4 Å². The number of carbonyl (C=O) groups excluding carboxylic acids is 1. The highest BCUT2D eigenvalue weighted by molar-refractivity contribution is 6.07. The van der Waals surface area contributed by atoms with Crippen molar-refractivity contribution in [3.63, 3.8) is 0 Å². The van der Waals surface area contributed by atoms with E-state index >= 15 is 0 Å². The Morgan fingerprint density at radius 2 is 1.61 bits per heavy atom. The molecule has 0 aromatic heterocycles. The number of nitro groups is 1. The summed E-state index contributed by atoms with van der Waals surface area (Å²) in [7, 11) is 0. The number of nitro benzene ring substituents is 1. The normalized spacial score (nSPS) is 23.2. The van der Waals surface area contributed by atoms with E-state index in [0.717, 1.165) is 11.1 Å². The standard InChI is InChI=1S/C24H21N3O4/c28-23-24(17-25(23)20-11-13-21(14-12-20)27(29)30)15-22(19-9-5-2-6-10-19)26(31-24)16-18-7-3-1-4-8-18/h1-14,22H,15-17H2. The topological polar surface area (TPSA) is 75.9 Å². The van der Waals surface area contributed by atoms with E-state index in [-0.39, 0.29) is 17.6 Å². The lowest BCUT2D eigenvalue weighted by Gasteiger charge is -2.45. The SMILES string of the molecule is O=C1N(c2ccc([N+](=O)[O-])cc2)CC12CC(c1ccccc1)N(Cc1ccccc1)O2. The number of nitrogens with zero attached hydrogens (tertiary/aromatic N) is 3. The van der Waals surface area contributed by atoms with E-state index < -0.39 is 10.5 Å². The molecule has 7 heteroatoms. The van der Waals surface area contributed by atoms with Gasteiger partial charge in [0.25, 0.3) is 11.6 Å².